The van der Waals surface area contributed by atoms with Gasteiger partial charge in [0.1, 0.15) is 22.7 Å². The molecule has 6 rings (SSSR count). The number of amides is 2. The number of anilines is 3. The first kappa shape index (κ1) is 22.9. The Labute approximate surface area is 209 Å². The van der Waals surface area contributed by atoms with Crippen molar-refractivity contribution < 1.29 is 9.59 Å². The van der Waals surface area contributed by atoms with E-state index in [0.29, 0.717) is 30.5 Å². The Morgan fingerprint density at radius 3 is 2.72 bits per heavy atom. The molecule has 3 aromatic heterocycles. The standard InChI is InChI=1S/C25H31N9O2/c1-32(2)22(35)19-9-15-10-29-24(31-21(15)34(19)17-5-3-4-6-17)30-20-8-7-18(12-28-20)33-13-16-11-27-14-25(16,26)23(33)36/h7-10,12,16-17,27H,3-6,11,13-14,26H2,1-2H3,(H,28,29,30,31)/t16?,25-/m0/s1. The zero-order chi connectivity index (χ0) is 25.0. The second kappa shape index (κ2) is 8.52. The zero-order valence-electron chi connectivity index (χ0n) is 20.6. The highest BCUT2D eigenvalue weighted by atomic mass is 16.2. The Morgan fingerprint density at radius 1 is 1.22 bits per heavy atom. The maximum absolute atomic E-state index is 12.9. The van der Waals surface area contributed by atoms with Crippen LogP contribution in [0.2, 0.25) is 0 Å². The molecular formula is C25H31N9O2. The van der Waals surface area contributed by atoms with Gasteiger partial charge in [-0.25, -0.2) is 9.97 Å². The summed E-state index contributed by atoms with van der Waals surface area (Å²) in [7, 11) is 3.53. The minimum atomic E-state index is -0.832. The molecule has 2 saturated heterocycles. The van der Waals surface area contributed by atoms with Crippen molar-refractivity contribution in [2.24, 2.45) is 11.7 Å². The maximum atomic E-state index is 12.9. The van der Waals surface area contributed by atoms with Gasteiger partial charge in [0.2, 0.25) is 11.9 Å². The summed E-state index contributed by atoms with van der Waals surface area (Å²) in [5.41, 5.74) is 7.66. The van der Waals surface area contributed by atoms with Crippen LogP contribution in [0.3, 0.4) is 0 Å². The average Bonchev–Trinajstić information content (AvgIpc) is 3.64. The molecule has 11 heteroatoms. The van der Waals surface area contributed by atoms with Crippen LogP contribution >= 0.6 is 0 Å². The van der Waals surface area contributed by atoms with E-state index in [-0.39, 0.29) is 23.8 Å². The van der Waals surface area contributed by atoms with E-state index in [1.54, 1.807) is 36.3 Å². The summed E-state index contributed by atoms with van der Waals surface area (Å²) in [6.45, 7) is 1.84. The number of pyridine rings is 1. The highest BCUT2D eigenvalue weighted by molar-refractivity contribution is 6.03. The van der Waals surface area contributed by atoms with Crippen LogP contribution in [0.4, 0.5) is 17.5 Å². The molecule has 2 aliphatic heterocycles. The summed E-state index contributed by atoms with van der Waals surface area (Å²) < 4.78 is 2.08. The van der Waals surface area contributed by atoms with Crippen LogP contribution in [0, 0.1) is 5.92 Å². The number of fused-ring (bicyclic) bond motifs is 2. The van der Waals surface area contributed by atoms with E-state index in [0.717, 1.165) is 48.9 Å². The summed E-state index contributed by atoms with van der Waals surface area (Å²) in [6.07, 6.45) is 7.77. The fraction of sp³-hybridized carbons (Fsp3) is 0.480. The summed E-state index contributed by atoms with van der Waals surface area (Å²) in [5, 5.41) is 7.22. The van der Waals surface area contributed by atoms with E-state index >= 15 is 0 Å². The molecule has 0 spiro atoms. The van der Waals surface area contributed by atoms with Crippen LogP contribution in [0.5, 0.6) is 0 Å². The molecule has 0 bridgehead atoms. The molecule has 0 radical (unpaired) electrons. The third-order valence-electron chi connectivity index (χ3n) is 7.77. The first-order valence-electron chi connectivity index (χ1n) is 12.5. The molecule has 188 valence electrons. The lowest BCUT2D eigenvalue weighted by molar-refractivity contribution is -0.121. The zero-order valence-corrected chi connectivity index (χ0v) is 20.6. The Balaban J connectivity index is 1.26. The third-order valence-corrected chi connectivity index (χ3v) is 7.77. The van der Waals surface area contributed by atoms with Gasteiger partial charge in [0.15, 0.2) is 0 Å². The molecule has 1 aliphatic carbocycles. The number of carbonyl (C=O) groups excluding carboxylic acids is 2. The minimum Gasteiger partial charge on any atom is -0.343 e. The molecule has 1 unspecified atom stereocenters. The Bertz CT molecular complexity index is 1330. The van der Waals surface area contributed by atoms with Gasteiger partial charge < -0.3 is 30.7 Å². The third kappa shape index (κ3) is 3.61. The number of nitrogens with one attached hydrogen (secondary N) is 2. The second-order valence-electron chi connectivity index (χ2n) is 10.3. The SMILES string of the molecule is CN(C)C(=O)c1cc2cnc(Nc3ccc(N4CC5CNC[C@@]5(N)C4=O)cn3)nc2n1C1CCCC1. The molecule has 3 fully saturated rings. The Kier molecular flexibility index (Phi) is 5.41. The van der Waals surface area contributed by atoms with E-state index in [1.807, 2.05) is 18.2 Å². The molecule has 0 aromatic carbocycles. The number of hydrogen-bond acceptors (Lipinski definition) is 8. The summed E-state index contributed by atoms with van der Waals surface area (Å²) >= 11 is 0. The van der Waals surface area contributed by atoms with Crippen LogP contribution in [-0.2, 0) is 4.79 Å². The van der Waals surface area contributed by atoms with E-state index in [1.165, 1.54) is 0 Å². The van der Waals surface area contributed by atoms with E-state index in [9.17, 15) is 9.59 Å². The van der Waals surface area contributed by atoms with Crippen molar-refractivity contribution in [2.75, 3.05) is 43.9 Å². The molecule has 3 aromatic rings. The lowest BCUT2D eigenvalue weighted by Crippen LogP contribution is -2.53. The van der Waals surface area contributed by atoms with Crippen LogP contribution < -0.4 is 21.3 Å². The Morgan fingerprint density at radius 2 is 2.03 bits per heavy atom. The van der Waals surface area contributed by atoms with Gasteiger partial charge in [-0.2, -0.15) is 4.98 Å². The van der Waals surface area contributed by atoms with Gasteiger partial charge in [0.05, 0.1) is 11.9 Å². The fourth-order valence-corrected chi connectivity index (χ4v) is 5.76. The van der Waals surface area contributed by atoms with E-state index in [2.05, 4.69) is 25.2 Å². The predicted octanol–water partition coefficient (Wildman–Crippen LogP) is 1.65. The van der Waals surface area contributed by atoms with Gasteiger partial charge in [-0.1, -0.05) is 12.8 Å². The van der Waals surface area contributed by atoms with Crippen LogP contribution in [-0.4, -0.2) is 75.5 Å². The molecule has 4 N–H and O–H groups in total. The average molecular weight is 490 g/mol. The summed E-state index contributed by atoms with van der Waals surface area (Å²) in [6, 6.07) is 5.80. The molecule has 11 nitrogen and oxygen atoms in total. The highest BCUT2D eigenvalue weighted by Gasteiger charge is 2.54. The van der Waals surface area contributed by atoms with Crippen molar-refractivity contribution in [1.82, 2.24) is 29.7 Å². The molecule has 36 heavy (non-hydrogen) atoms. The number of nitrogens with zero attached hydrogens (tertiary/aromatic N) is 6. The number of nitrogens with two attached hydrogens (primary N) is 1. The van der Waals surface area contributed by atoms with Crippen molar-refractivity contribution in [3.05, 3.63) is 36.3 Å². The van der Waals surface area contributed by atoms with Crippen molar-refractivity contribution in [1.29, 1.82) is 0 Å². The number of hydrogen-bond donors (Lipinski definition) is 3. The van der Waals surface area contributed by atoms with E-state index in [4.69, 9.17) is 10.7 Å². The quantitative estimate of drug-likeness (QED) is 0.493. The van der Waals surface area contributed by atoms with Crippen molar-refractivity contribution in [2.45, 2.75) is 37.3 Å². The lowest BCUT2D eigenvalue weighted by Gasteiger charge is -2.21. The second-order valence-corrected chi connectivity index (χ2v) is 10.3. The first-order chi connectivity index (χ1) is 17.3. The summed E-state index contributed by atoms with van der Waals surface area (Å²) in [4.78, 5) is 42.9. The molecule has 3 aliphatic rings. The van der Waals surface area contributed by atoms with Crippen LogP contribution in [0.25, 0.3) is 11.0 Å². The molecule has 2 atom stereocenters. The van der Waals surface area contributed by atoms with Gasteiger partial charge in [-0.15, -0.1) is 0 Å². The first-order valence-corrected chi connectivity index (χ1v) is 12.5. The smallest absolute Gasteiger partial charge is 0.270 e. The van der Waals surface area contributed by atoms with Crippen LogP contribution in [0.15, 0.2) is 30.6 Å². The fourth-order valence-electron chi connectivity index (χ4n) is 5.76. The number of rotatable bonds is 5. The van der Waals surface area contributed by atoms with Crippen molar-refractivity contribution in [3.8, 4) is 0 Å². The normalized spacial score (nSPS) is 24.0. The lowest BCUT2D eigenvalue weighted by atomic mass is 9.92. The minimum absolute atomic E-state index is 0.0395. The van der Waals surface area contributed by atoms with Gasteiger partial charge >= 0.3 is 0 Å². The highest BCUT2D eigenvalue weighted by Crippen LogP contribution is 2.36. The van der Waals surface area contributed by atoms with Crippen LogP contribution in [0.1, 0.15) is 42.2 Å². The van der Waals surface area contributed by atoms with Gasteiger partial charge in [0, 0.05) is 57.3 Å². The van der Waals surface area contributed by atoms with Crippen molar-refractivity contribution >= 4 is 40.3 Å². The van der Waals surface area contributed by atoms with Gasteiger partial charge in [-0.05, 0) is 31.0 Å². The predicted molar refractivity (Wildman–Crippen MR) is 136 cm³/mol. The summed E-state index contributed by atoms with van der Waals surface area (Å²) in [5.74, 6) is 0.968. The van der Waals surface area contributed by atoms with Gasteiger partial charge in [0.25, 0.3) is 5.91 Å². The molecule has 2 amide bonds. The number of aromatic nitrogens is 4. The van der Waals surface area contributed by atoms with Crippen molar-refractivity contribution in [3.63, 3.8) is 0 Å². The van der Waals surface area contributed by atoms with Gasteiger partial charge in [-0.3, -0.25) is 9.59 Å². The monoisotopic (exact) mass is 489 g/mol. The Hall–Kier alpha value is -3.57. The molecule has 1 saturated carbocycles. The maximum Gasteiger partial charge on any atom is 0.270 e. The largest absolute Gasteiger partial charge is 0.343 e. The number of carbonyl (C=O) groups is 2. The molecular weight excluding hydrogens is 458 g/mol. The molecule has 5 heterocycles. The van der Waals surface area contributed by atoms with E-state index < -0.39 is 5.54 Å². The topological polar surface area (TPSA) is 134 Å².